The molecule has 0 radical (unpaired) electrons. The van der Waals surface area contributed by atoms with Crippen LogP contribution in [0, 0.1) is 0 Å². The predicted molar refractivity (Wildman–Crippen MR) is 81.4 cm³/mol. The highest BCUT2D eigenvalue weighted by atomic mass is 79.9. The smallest absolute Gasteiger partial charge is 0.252 e. The second-order valence-corrected chi connectivity index (χ2v) is 6.73. The lowest BCUT2D eigenvalue weighted by atomic mass is 10.2. The van der Waals surface area contributed by atoms with Crippen LogP contribution < -0.4 is 15.4 Å². The fourth-order valence-electron chi connectivity index (χ4n) is 1.48. The lowest BCUT2D eigenvalue weighted by Gasteiger charge is -2.09. The molecule has 9 heteroatoms. The number of hydrogen-bond donors (Lipinski definition) is 3. The molecule has 0 saturated heterocycles. The topological polar surface area (TPSA) is 104 Å². The fourth-order valence-corrected chi connectivity index (χ4v) is 2.66. The van der Waals surface area contributed by atoms with Crippen LogP contribution in [0.4, 0.5) is 0 Å². The fraction of sp³-hybridized carbons (Fsp3) is 0.333. The van der Waals surface area contributed by atoms with Gasteiger partial charge in [-0.2, -0.15) is 0 Å². The molecule has 2 amide bonds. The molecule has 0 unspecified atom stereocenters. The number of halogens is 1. The average Bonchev–Trinajstić information content (AvgIpc) is 2.45. The van der Waals surface area contributed by atoms with Crippen LogP contribution in [0.5, 0.6) is 0 Å². The second kappa shape index (κ2) is 7.53. The first-order valence-electron chi connectivity index (χ1n) is 6.09. The van der Waals surface area contributed by atoms with Gasteiger partial charge in [0.2, 0.25) is 15.9 Å². The average molecular weight is 378 g/mol. The number of sulfonamides is 1. The molecule has 21 heavy (non-hydrogen) atoms. The summed E-state index contributed by atoms with van der Waals surface area (Å²) in [6, 6.07) is 4.07. The van der Waals surface area contributed by atoms with Gasteiger partial charge in [-0.05, 0) is 48.1 Å². The summed E-state index contributed by atoms with van der Waals surface area (Å²) in [5.41, 5.74) is 0.135. The van der Waals surface area contributed by atoms with Gasteiger partial charge in [-0.3, -0.25) is 9.59 Å². The van der Waals surface area contributed by atoms with Crippen molar-refractivity contribution in [2.45, 2.75) is 11.8 Å². The molecule has 0 aliphatic heterocycles. The van der Waals surface area contributed by atoms with E-state index in [-0.39, 0.29) is 22.9 Å². The molecular weight excluding hydrogens is 362 g/mol. The number of amides is 2. The van der Waals surface area contributed by atoms with Crippen molar-refractivity contribution in [2.75, 3.05) is 20.1 Å². The Morgan fingerprint density at radius 3 is 2.48 bits per heavy atom. The summed E-state index contributed by atoms with van der Waals surface area (Å²) < 4.78 is 26.0. The van der Waals surface area contributed by atoms with Crippen molar-refractivity contribution in [1.82, 2.24) is 15.4 Å². The highest BCUT2D eigenvalue weighted by Gasteiger charge is 2.17. The van der Waals surface area contributed by atoms with Crippen LogP contribution in [0.3, 0.4) is 0 Å². The maximum absolute atomic E-state index is 12.0. The van der Waals surface area contributed by atoms with Crippen LogP contribution in [0.25, 0.3) is 0 Å². The number of benzene rings is 1. The van der Waals surface area contributed by atoms with E-state index in [4.69, 9.17) is 0 Å². The Morgan fingerprint density at radius 1 is 1.24 bits per heavy atom. The molecular formula is C12H16BrN3O4S. The van der Waals surface area contributed by atoms with Crippen molar-refractivity contribution < 1.29 is 18.0 Å². The van der Waals surface area contributed by atoms with E-state index < -0.39 is 15.9 Å². The Balaban J connectivity index is 2.94. The minimum absolute atomic E-state index is 0.0311. The third-order valence-corrected chi connectivity index (χ3v) is 4.65. The van der Waals surface area contributed by atoms with Gasteiger partial charge in [-0.15, -0.1) is 0 Å². The Kier molecular flexibility index (Phi) is 6.31. The van der Waals surface area contributed by atoms with Gasteiger partial charge in [0, 0.05) is 11.0 Å². The summed E-state index contributed by atoms with van der Waals surface area (Å²) in [5, 5.41) is 4.97. The SMILES string of the molecule is CCNC(=O)CNC(=O)c1cc(S(=O)(=O)NC)ccc1Br. The zero-order valence-electron chi connectivity index (χ0n) is 11.6. The van der Waals surface area contributed by atoms with E-state index in [1.807, 2.05) is 0 Å². The molecule has 0 bridgehead atoms. The molecule has 7 nitrogen and oxygen atoms in total. The monoisotopic (exact) mass is 377 g/mol. The van der Waals surface area contributed by atoms with Crippen molar-refractivity contribution in [3.8, 4) is 0 Å². The molecule has 0 fully saturated rings. The Hall–Kier alpha value is -1.45. The van der Waals surface area contributed by atoms with Crippen LogP contribution >= 0.6 is 15.9 Å². The third kappa shape index (κ3) is 4.80. The highest BCUT2D eigenvalue weighted by molar-refractivity contribution is 9.10. The number of likely N-dealkylation sites (N-methyl/N-ethyl adjacent to an activating group) is 1. The highest BCUT2D eigenvalue weighted by Crippen LogP contribution is 2.20. The van der Waals surface area contributed by atoms with E-state index in [1.54, 1.807) is 6.92 Å². The maximum atomic E-state index is 12.0. The number of nitrogens with one attached hydrogen (secondary N) is 3. The molecule has 3 N–H and O–H groups in total. The van der Waals surface area contributed by atoms with Gasteiger partial charge in [0.25, 0.3) is 5.91 Å². The van der Waals surface area contributed by atoms with Crippen molar-refractivity contribution in [2.24, 2.45) is 0 Å². The maximum Gasteiger partial charge on any atom is 0.252 e. The van der Waals surface area contributed by atoms with E-state index >= 15 is 0 Å². The Morgan fingerprint density at radius 2 is 1.90 bits per heavy atom. The van der Waals surface area contributed by atoms with Gasteiger partial charge in [0.1, 0.15) is 0 Å². The molecule has 1 rings (SSSR count). The molecule has 0 atom stereocenters. The van der Waals surface area contributed by atoms with Crippen molar-refractivity contribution >= 4 is 37.8 Å². The summed E-state index contributed by atoms with van der Waals surface area (Å²) in [6.45, 7) is 2.05. The zero-order valence-corrected chi connectivity index (χ0v) is 14.0. The van der Waals surface area contributed by atoms with Gasteiger partial charge < -0.3 is 10.6 Å². The summed E-state index contributed by atoms with van der Waals surface area (Å²) in [6.07, 6.45) is 0. The Labute approximate surface area is 131 Å². The van der Waals surface area contributed by atoms with E-state index in [2.05, 4.69) is 31.3 Å². The number of rotatable bonds is 6. The van der Waals surface area contributed by atoms with Gasteiger partial charge in [-0.1, -0.05) is 0 Å². The number of hydrogen-bond acceptors (Lipinski definition) is 4. The third-order valence-electron chi connectivity index (χ3n) is 2.54. The molecule has 116 valence electrons. The van der Waals surface area contributed by atoms with E-state index in [0.29, 0.717) is 11.0 Å². The zero-order chi connectivity index (χ0) is 16.0. The van der Waals surface area contributed by atoms with Gasteiger partial charge in [-0.25, -0.2) is 13.1 Å². The van der Waals surface area contributed by atoms with Crippen LogP contribution in [0.1, 0.15) is 17.3 Å². The minimum Gasteiger partial charge on any atom is -0.355 e. The van der Waals surface area contributed by atoms with E-state index in [1.165, 1.54) is 25.2 Å². The Bertz CT molecular complexity index is 646. The summed E-state index contributed by atoms with van der Waals surface area (Å²) in [7, 11) is -2.36. The lowest BCUT2D eigenvalue weighted by molar-refractivity contribution is -0.120. The van der Waals surface area contributed by atoms with Gasteiger partial charge >= 0.3 is 0 Å². The quantitative estimate of drug-likeness (QED) is 0.659. The molecule has 1 aromatic carbocycles. The van der Waals surface area contributed by atoms with Crippen LogP contribution in [-0.2, 0) is 14.8 Å². The standard InChI is InChI=1S/C12H16BrN3O4S/c1-3-15-11(17)7-16-12(18)9-6-8(4-5-10(9)13)21(19,20)14-2/h4-6,14H,3,7H2,1-2H3,(H,15,17)(H,16,18). The molecule has 0 aliphatic rings. The molecule has 0 aromatic heterocycles. The van der Waals surface area contributed by atoms with Crippen molar-refractivity contribution in [3.63, 3.8) is 0 Å². The summed E-state index contributed by atoms with van der Waals surface area (Å²) in [5.74, 6) is -0.859. The largest absolute Gasteiger partial charge is 0.355 e. The summed E-state index contributed by atoms with van der Waals surface area (Å²) >= 11 is 3.18. The molecule has 0 aliphatic carbocycles. The number of carbonyl (C=O) groups excluding carboxylic acids is 2. The number of carbonyl (C=O) groups is 2. The van der Waals surface area contributed by atoms with Crippen LogP contribution in [0.15, 0.2) is 27.6 Å². The van der Waals surface area contributed by atoms with E-state index in [9.17, 15) is 18.0 Å². The molecule has 0 heterocycles. The molecule has 1 aromatic rings. The van der Waals surface area contributed by atoms with Crippen molar-refractivity contribution in [1.29, 1.82) is 0 Å². The first-order chi connectivity index (χ1) is 9.81. The normalized spacial score (nSPS) is 11.0. The van der Waals surface area contributed by atoms with Crippen molar-refractivity contribution in [3.05, 3.63) is 28.2 Å². The van der Waals surface area contributed by atoms with Crippen LogP contribution in [-0.4, -0.2) is 40.4 Å². The molecule has 0 saturated carbocycles. The first-order valence-corrected chi connectivity index (χ1v) is 8.37. The summed E-state index contributed by atoms with van der Waals surface area (Å²) in [4.78, 5) is 23.3. The molecule has 0 spiro atoms. The lowest BCUT2D eigenvalue weighted by Crippen LogP contribution is -2.37. The second-order valence-electron chi connectivity index (χ2n) is 3.99. The minimum atomic E-state index is -3.64. The van der Waals surface area contributed by atoms with Crippen LogP contribution in [0.2, 0.25) is 0 Å². The van der Waals surface area contributed by atoms with Gasteiger partial charge in [0.05, 0.1) is 17.0 Å². The van der Waals surface area contributed by atoms with E-state index in [0.717, 1.165) is 0 Å². The first kappa shape index (κ1) is 17.6. The van der Waals surface area contributed by atoms with Gasteiger partial charge in [0.15, 0.2) is 0 Å². The predicted octanol–water partition coefficient (Wildman–Crippen LogP) is 0.223.